The first kappa shape index (κ1) is 14.5. The molecule has 2 amide bonds. The molecule has 0 bridgehead atoms. The van der Waals surface area contributed by atoms with Gasteiger partial charge in [0.15, 0.2) is 0 Å². The van der Waals surface area contributed by atoms with Crippen molar-refractivity contribution < 1.29 is 13.8 Å². The van der Waals surface area contributed by atoms with Crippen LogP contribution in [0.2, 0.25) is 0 Å². The Balaban J connectivity index is 1.74. The van der Waals surface area contributed by atoms with Gasteiger partial charge in [0.05, 0.1) is 27.8 Å². The highest BCUT2D eigenvalue weighted by Crippen LogP contribution is 2.28. The lowest BCUT2D eigenvalue weighted by Gasteiger charge is -2.23. The molecule has 2 aromatic rings. The van der Waals surface area contributed by atoms with Gasteiger partial charge in [-0.2, -0.15) is 0 Å². The fourth-order valence-electron chi connectivity index (χ4n) is 2.28. The molecule has 2 N–H and O–H groups in total. The van der Waals surface area contributed by atoms with E-state index in [1.54, 1.807) is 48.5 Å². The number of nitrogens with one attached hydrogen (secondary N) is 2. The van der Waals surface area contributed by atoms with Gasteiger partial charge in [-0.1, -0.05) is 30.3 Å². The van der Waals surface area contributed by atoms with Gasteiger partial charge in [-0.25, -0.2) is 0 Å². The van der Waals surface area contributed by atoms with Crippen LogP contribution in [0.1, 0.15) is 6.42 Å². The number of anilines is 2. The molecule has 1 aliphatic rings. The Bertz CT molecular complexity index is 746. The molecule has 2 atom stereocenters. The van der Waals surface area contributed by atoms with Crippen LogP contribution in [0.3, 0.4) is 0 Å². The predicted molar refractivity (Wildman–Crippen MR) is 85.0 cm³/mol. The maximum Gasteiger partial charge on any atom is 0.241 e. The standard InChI is InChI=1S/C16H14N2O3S/c19-15(17-11-6-2-1-3-7-11)10-14-16(20)18-12-8-4-5-9-13(12)22(14)21/h1-9,14H,10H2,(H,17,19)(H,18,20)/t14-,22+/m0/s1. The summed E-state index contributed by atoms with van der Waals surface area (Å²) in [5.41, 5.74) is 1.19. The van der Waals surface area contributed by atoms with Crippen molar-refractivity contribution in [2.24, 2.45) is 0 Å². The molecule has 0 saturated carbocycles. The van der Waals surface area contributed by atoms with Crippen LogP contribution in [0, 0.1) is 0 Å². The van der Waals surface area contributed by atoms with E-state index in [4.69, 9.17) is 0 Å². The monoisotopic (exact) mass is 314 g/mol. The summed E-state index contributed by atoms with van der Waals surface area (Å²) >= 11 is 0. The molecule has 5 nitrogen and oxygen atoms in total. The van der Waals surface area contributed by atoms with Gasteiger partial charge in [0, 0.05) is 5.69 Å². The second-order valence-electron chi connectivity index (χ2n) is 4.89. The molecule has 2 aromatic carbocycles. The Hall–Kier alpha value is -2.47. The third kappa shape index (κ3) is 2.92. The van der Waals surface area contributed by atoms with Crippen LogP contribution in [0.4, 0.5) is 11.4 Å². The molecule has 112 valence electrons. The topological polar surface area (TPSA) is 75.3 Å². The first-order valence-electron chi connectivity index (χ1n) is 6.80. The molecule has 0 spiro atoms. The highest BCUT2D eigenvalue weighted by molar-refractivity contribution is 7.86. The second kappa shape index (κ2) is 6.11. The van der Waals surface area contributed by atoms with Gasteiger partial charge in [-0.15, -0.1) is 0 Å². The van der Waals surface area contributed by atoms with E-state index < -0.39 is 16.0 Å². The van der Waals surface area contributed by atoms with Gasteiger partial charge in [-0.3, -0.25) is 13.8 Å². The molecule has 0 saturated heterocycles. The molecule has 0 aromatic heterocycles. The molecule has 0 fully saturated rings. The van der Waals surface area contributed by atoms with Crippen LogP contribution in [0.15, 0.2) is 59.5 Å². The Labute approximate surface area is 130 Å². The molecule has 0 aliphatic carbocycles. The van der Waals surface area contributed by atoms with Crippen molar-refractivity contribution in [3.63, 3.8) is 0 Å². The lowest BCUT2D eigenvalue weighted by Crippen LogP contribution is -2.39. The predicted octanol–water partition coefficient (Wildman–Crippen LogP) is 2.14. The lowest BCUT2D eigenvalue weighted by molar-refractivity contribution is -0.120. The van der Waals surface area contributed by atoms with Gasteiger partial charge in [0.1, 0.15) is 5.25 Å². The zero-order valence-electron chi connectivity index (χ0n) is 11.6. The summed E-state index contributed by atoms with van der Waals surface area (Å²) < 4.78 is 12.5. The summed E-state index contributed by atoms with van der Waals surface area (Å²) in [7, 11) is -1.53. The van der Waals surface area contributed by atoms with Gasteiger partial charge < -0.3 is 10.6 Å². The van der Waals surface area contributed by atoms with Gasteiger partial charge >= 0.3 is 0 Å². The van der Waals surface area contributed by atoms with Gasteiger partial charge in [0.25, 0.3) is 0 Å². The van der Waals surface area contributed by atoms with Crippen LogP contribution in [0.5, 0.6) is 0 Å². The third-order valence-corrected chi connectivity index (χ3v) is 5.03. The van der Waals surface area contributed by atoms with Crippen LogP contribution < -0.4 is 10.6 Å². The normalized spacial score (nSPS) is 19.9. The minimum atomic E-state index is -1.53. The number of amides is 2. The summed E-state index contributed by atoms with van der Waals surface area (Å²) in [6.07, 6.45) is -0.123. The molecule has 0 unspecified atom stereocenters. The van der Waals surface area contributed by atoms with Crippen molar-refractivity contribution in [1.82, 2.24) is 0 Å². The second-order valence-corrected chi connectivity index (χ2v) is 6.49. The van der Waals surface area contributed by atoms with Gasteiger partial charge in [0.2, 0.25) is 11.8 Å². The van der Waals surface area contributed by atoms with E-state index in [0.717, 1.165) is 0 Å². The molecule has 1 aliphatic heterocycles. The maximum absolute atomic E-state index is 12.5. The summed E-state index contributed by atoms with van der Waals surface area (Å²) in [6, 6.07) is 15.9. The molecule has 0 radical (unpaired) electrons. The molecular weight excluding hydrogens is 300 g/mol. The number of benzene rings is 2. The van der Waals surface area contributed by atoms with Crippen molar-refractivity contribution >= 4 is 34.0 Å². The van der Waals surface area contributed by atoms with E-state index >= 15 is 0 Å². The van der Waals surface area contributed by atoms with Crippen LogP contribution in [0.25, 0.3) is 0 Å². The summed E-state index contributed by atoms with van der Waals surface area (Å²) in [4.78, 5) is 24.7. The van der Waals surface area contributed by atoms with Crippen molar-refractivity contribution in [2.45, 2.75) is 16.6 Å². The number of hydrogen-bond acceptors (Lipinski definition) is 3. The number of carbonyl (C=O) groups is 2. The maximum atomic E-state index is 12.5. The van der Waals surface area contributed by atoms with Crippen molar-refractivity contribution in [3.8, 4) is 0 Å². The molecule has 1 heterocycles. The average molecular weight is 314 g/mol. The van der Waals surface area contributed by atoms with E-state index in [0.29, 0.717) is 16.3 Å². The van der Waals surface area contributed by atoms with Crippen LogP contribution in [-0.4, -0.2) is 21.3 Å². The highest BCUT2D eigenvalue weighted by Gasteiger charge is 2.34. The molecule has 6 heteroatoms. The fourth-order valence-corrected chi connectivity index (χ4v) is 3.69. The molecular formula is C16H14N2O3S. The van der Waals surface area contributed by atoms with E-state index in [2.05, 4.69) is 10.6 Å². The van der Waals surface area contributed by atoms with Crippen LogP contribution in [-0.2, 0) is 20.4 Å². The quantitative estimate of drug-likeness (QED) is 0.911. The highest BCUT2D eigenvalue weighted by atomic mass is 32.2. The first-order valence-corrected chi connectivity index (χ1v) is 8.02. The Kier molecular flexibility index (Phi) is 4.02. The van der Waals surface area contributed by atoms with Crippen molar-refractivity contribution in [2.75, 3.05) is 10.6 Å². The molecule has 3 rings (SSSR count). The van der Waals surface area contributed by atoms with Crippen LogP contribution >= 0.6 is 0 Å². The Morgan fingerprint density at radius 2 is 1.77 bits per heavy atom. The lowest BCUT2D eigenvalue weighted by atomic mass is 10.2. The van der Waals surface area contributed by atoms with Gasteiger partial charge in [-0.05, 0) is 24.3 Å². The summed E-state index contributed by atoms with van der Waals surface area (Å²) in [6.45, 7) is 0. The first-order chi connectivity index (χ1) is 10.6. The number of rotatable bonds is 3. The summed E-state index contributed by atoms with van der Waals surface area (Å²) in [5, 5.41) is 4.52. The Morgan fingerprint density at radius 3 is 2.55 bits per heavy atom. The zero-order valence-corrected chi connectivity index (χ0v) is 12.4. The number of para-hydroxylation sites is 2. The van der Waals surface area contributed by atoms with Crippen molar-refractivity contribution in [1.29, 1.82) is 0 Å². The number of fused-ring (bicyclic) bond motifs is 1. The minimum Gasteiger partial charge on any atom is -0.326 e. The number of hydrogen-bond donors (Lipinski definition) is 2. The Morgan fingerprint density at radius 1 is 1.09 bits per heavy atom. The fraction of sp³-hybridized carbons (Fsp3) is 0.125. The van der Waals surface area contributed by atoms with E-state index in [-0.39, 0.29) is 18.2 Å². The minimum absolute atomic E-state index is 0.123. The third-order valence-electron chi connectivity index (χ3n) is 3.34. The largest absolute Gasteiger partial charge is 0.326 e. The molecule has 22 heavy (non-hydrogen) atoms. The average Bonchev–Trinajstić information content (AvgIpc) is 2.52. The van der Waals surface area contributed by atoms with E-state index in [1.807, 2.05) is 6.07 Å². The SMILES string of the molecule is O=C(C[C@H]1C(=O)Nc2ccccc2[S@]1=O)Nc1ccccc1. The zero-order chi connectivity index (χ0) is 15.5. The smallest absolute Gasteiger partial charge is 0.241 e. The van der Waals surface area contributed by atoms with Crippen molar-refractivity contribution in [3.05, 3.63) is 54.6 Å². The van der Waals surface area contributed by atoms with E-state index in [1.165, 1.54) is 0 Å². The number of carbonyl (C=O) groups excluding carboxylic acids is 2. The summed E-state index contributed by atoms with van der Waals surface area (Å²) in [5.74, 6) is -0.723. The van der Waals surface area contributed by atoms with E-state index in [9.17, 15) is 13.8 Å².